The summed E-state index contributed by atoms with van der Waals surface area (Å²) in [6.07, 6.45) is 1.27. The zero-order chi connectivity index (χ0) is 17.2. The van der Waals surface area contributed by atoms with E-state index in [1.165, 1.54) is 22.3 Å². The molecule has 1 heteroatoms. The van der Waals surface area contributed by atoms with Crippen molar-refractivity contribution in [1.29, 1.82) is 0 Å². The van der Waals surface area contributed by atoms with Gasteiger partial charge >= 0.3 is 0 Å². The molecule has 0 spiro atoms. The van der Waals surface area contributed by atoms with Gasteiger partial charge in [0.15, 0.2) is 0 Å². The van der Waals surface area contributed by atoms with Crippen LogP contribution in [-0.4, -0.2) is 6.10 Å². The number of ether oxygens (including phenoxy) is 1. The van der Waals surface area contributed by atoms with Gasteiger partial charge in [-0.05, 0) is 48.6 Å². The van der Waals surface area contributed by atoms with Gasteiger partial charge in [-0.1, -0.05) is 61.5 Å². The zero-order valence-corrected chi connectivity index (χ0v) is 16.4. The van der Waals surface area contributed by atoms with Crippen molar-refractivity contribution in [3.63, 3.8) is 0 Å². The topological polar surface area (TPSA) is 9.23 Å². The maximum absolute atomic E-state index is 6.34. The van der Waals surface area contributed by atoms with Crippen molar-refractivity contribution in [3.05, 3.63) is 28.3 Å². The summed E-state index contributed by atoms with van der Waals surface area (Å²) in [5, 5.41) is 0. The van der Waals surface area contributed by atoms with Gasteiger partial charge < -0.3 is 4.74 Å². The molecule has 1 nitrogen and oxygen atoms in total. The molecule has 0 unspecified atom stereocenters. The van der Waals surface area contributed by atoms with Gasteiger partial charge in [0.2, 0.25) is 0 Å². The van der Waals surface area contributed by atoms with Crippen LogP contribution in [0.2, 0.25) is 0 Å². The van der Waals surface area contributed by atoms with E-state index in [0.717, 1.165) is 12.2 Å². The van der Waals surface area contributed by atoms with E-state index in [1.54, 1.807) is 0 Å². The summed E-state index contributed by atoms with van der Waals surface area (Å²) < 4.78 is 6.34. The summed E-state index contributed by atoms with van der Waals surface area (Å²) in [5.41, 5.74) is 5.85. The van der Waals surface area contributed by atoms with Crippen LogP contribution >= 0.6 is 0 Å². The van der Waals surface area contributed by atoms with Crippen LogP contribution < -0.4 is 4.74 Å². The molecule has 22 heavy (non-hydrogen) atoms. The highest BCUT2D eigenvalue weighted by Gasteiger charge is 2.27. The SMILES string of the molecule is CCc1c(C(C)C)cc(C(C)(C)C)c(OC(C)C)c1C(C)C. The summed E-state index contributed by atoms with van der Waals surface area (Å²) in [6, 6.07) is 2.41. The minimum Gasteiger partial charge on any atom is -0.490 e. The standard InChI is InChI=1S/C21H36O/c1-11-16-17(13(2)3)12-18(21(8,9)10)20(22-15(6)7)19(16)14(4)5/h12-15H,11H2,1-10H3. The van der Waals surface area contributed by atoms with Gasteiger partial charge in [-0.25, -0.2) is 0 Å². The van der Waals surface area contributed by atoms with Crippen LogP contribution in [0.25, 0.3) is 0 Å². The molecule has 0 aromatic heterocycles. The van der Waals surface area contributed by atoms with Crippen LogP contribution in [0.15, 0.2) is 6.07 Å². The predicted molar refractivity (Wildman–Crippen MR) is 98.5 cm³/mol. The Morgan fingerprint density at radius 3 is 1.82 bits per heavy atom. The summed E-state index contributed by atoms with van der Waals surface area (Å²) in [4.78, 5) is 0. The molecule has 0 aliphatic heterocycles. The van der Waals surface area contributed by atoms with Crippen molar-refractivity contribution in [1.82, 2.24) is 0 Å². The van der Waals surface area contributed by atoms with E-state index in [9.17, 15) is 0 Å². The highest BCUT2D eigenvalue weighted by Crippen LogP contribution is 2.43. The lowest BCUT2D eigenvalue weighted by atomic mass is 9.78. The Balaban J connectivity index is 3.83. The lowest BCUT2D eigenvalue weighted by Gasteiger charge is -2.31. The first kappa shape index (κ1) is 19.1. The second-order valence-electron chi connectivity index (χ2n) is 8.31. The third-order valence-electron chi connectivity index (χ3n) is 4.18. The minimum absolute atomic E-state index is 0.0871. The van der Waals surface area contributed by atoms with Crippen LogP contribution in [0, 0.1) is 0 Å². The van der Waals surface area contributed by atoms with Crippen molar-refractivity contribution in [2.45, 2.75) is 99.0 Å². The molecular formula is C21H36O. The summed E-state index contributed by atoms with van der Waals surface area (Å²) in [5.74, 6) is 2.16. The summed E-state index contributed by atoms with van der Waals surface area (Å²) >= 11 is 0. The predicted octanol–water partition coefficient (Wildman–Crippen LogP) is 6.58. The van der Waals surface area contributed by atoms with Crippen LogP contribution in [0.3, 0.4) is 0 Å². The van der Waals surface area contributed by atoms with Gasteiger partial charge in [-0.15, -0.1) is 0 Å². The Morgan fingerprint density at radius 2 is 1.50 bits per heavy atom. The van der Waals surface area contributed by atoms with Crippen LogP contribution in [-0.2, 0) is 11.8 Å². The van der Waals surface area contributed by atoms with Gasteiger partial charge in [0, 0.05) is 11.1 Å². The Hall–Kier alpha value is -0.980. The number of benzene rings is 1. The normalized spacial score (nSPS) is 12.6. The first-order valence-corrected chi connectivity index (χ1v) is 8.87. The largest absolute Gasteiger partial charge is 0.490 e. The third kappa shape index (κ3) is 4.06. The van der Waals surface area contributed by atoms with E-state index < -0.39 is 0 Å². The molecule has 0 heterocycles. The Kier molecular flexibility index (Phi) is 6.12. The van der Waals surface area contributed by atoms with Gasteiger partial charge in [0.1, 0.15) is 5.75 Å². The molecule has 0 radical (unpaired) electrons. The maximum Gasteiger partial charge on any atom is 0.127 e. The average molecular weight is 305 g/mol. The molecule has 0 N–H and O–H groups in total. The molecule has 0 fully saturated rings. The molecule has 1 aromatic rings. The third-order valence-corrected chi connectivity index (χ3v) is 4.18. The molecule has 126 valence electrons. The van der Waals surface area contributed by atoms with E-state index in [-0.39, 0.29) is 11.5 Å². The maximum atomic E-state index is 6.34. The lowest BCUT2D eigenvalue weighted by Crippen LogP contribution is -2.20. The second-order valence-corrected chi connectivity index (χ2v) is 8.31. The number of rotatable bonds is 5. The van der Waals surface area contributed by atoms with Crippen LogP contribution in [0.1, 0.15) is 103 Å². The van der Waals surface area contributed by atoms with Crippen molar-refractivity contribution in [3.8, 4) is 5.75 Å². The minimum atomic E-state index is 0.0871. The van der Waals surface area contributed by atoms with E-state index in [0.29, 0.717) is 11.8 Å². The van der Waals surface area contributed by atoms with E-state index in [1.807, 2.05) is 0 Å². The molecule has 0 atom stereocenters. The molecule has 1 rings (SSSR count). The van der Waals surface area contributed by atoms with Crippen molar-refractivity contribution in [2.75, 3.05) is 0 Å². The molecule has 0 amide bonds. The number of hydrogen-bond acceptors (Lipinski definition) is 1. The molecule has 0 aliphatic rings. The first-order valence-electron chi connectivity index (χ1n) is 8.87. The molecule has 0 bridgehead atoms. The Labute approximate surface area is 138 Å². The molecule has 0 aliphatic carbocycles. The molecule has 0 saturated heterocycles. The summed E-state index contributed by atoms with van der Waals surface area (Å²) in [6.45, 7) is 22.6. The molecule has 1 aromatic carbocycles. The highest BCUT2D eigenvalue weighted by molar-refractivity contribution is 5.55. The van der Waals surface area contributed by atoms with Crippen LogP contribution in [0.5, 0.6) is 5.75 Å². The smallest absolute Gasteiger partial charge is 0.127 e. The van der Waals surface area contributed by atoms with Crippen LogP contribution in [0.4, 0.5) is 0 Å². The van der Waals surface area contributed by atoms with Gasteiger partial charge in [-0.3, -0.25) is 0 Å². The highest BCUT2D eigenvalue weighted by atomic mass is 16.5. The van der Waals surface area contributed by atoms with E-state index in [2.05, 4.69) is 75.3 Å². The fourth-order valence-corrected chi connectivity index (χ4v) is 3.19. The average Bonchev–Trinajstić information content (AvgIpc) is 2.34. The summed E-state index contributed by atoms with van der Waals surface area (Å²) in [7, 11) is 0. The fourth-order valence-electron chi connectivity index (χ4n) is 3.19. The Morgan fingerprint density at radius 1 is 0.955 bits per heavy atom. The van der Waals surface area contributed by atoms with E-state index in [4.69, 9.17) is 4.74 Å². The first-order chi connectivity index (χ1) is 10.0. The zero-order valence-electron chi connectivity index (χ0n) is 16.4. The Bertz CT molecular complexity index is 502. The fraction of sp³-hybridized carbons (Fsp3) is 0.714. The lowest BCUT2D eigenvalue weighted by molar-refractivity contribution is 0.233. The molecular weight excluding hydrogens is 268 g/mol. The van der Waals surface area contributed by atoms with Crippen molar-refractivity contribution < 1.29 is 4.74 Å². The van der Waals surface area contributed by atoms with Gasteiger partial charge in [0.05, 0.1) is 6.10 Å². The quantitative estimate of drug-likeness (QED) is 0.597. The van der Waals surface area contributed by atoms with Crippen molar-refractivity contribution >= 4 is 0 Å². The molecule has 0 saturated carbocycles. The van der Waals surface area contributed by atoms with Gasteiger partial charge in [-0.2, -0.15) is 0 Å². The van der Waals surface area contributed by atoms with E-state index >= 15 is 0 Å². The second kappa shape index (κ2) is 7.06. The van der Waals surface area contributed by atoms with Gasteiger partial charge in [0.25, 0.3) is 0 Å². The van der Waals surface area contributed by atoms with Crippen molar-refractivity contribution in [2.24, 2.45) is 0 Å². The number of hydrogen-bond donors (Lipinski definition) is 0. The monoisotopic (exact) mass is 304 g/mol.